The molecule has 0 bridgehead atoms. The molecule has 1 unspecified atom stereocenters. The highest BCUT2D eigenvalue weighted by molar-refractivity contribution is 5.83. The highest BCUT2D eigenvalue weighted by Gasteiger charge is 2.27. The van der Waals surface area contributed by atoms with Crippen molar-refractivity contribution < 1.29 is 9.53 Å². The lowest BCUT2D eigenvalue weighted by atomic mass is 9.97. The molecule has 1 aliphatic heterocycles. The van der Waals surface area contributed by atoms with Crippen molar-refractivity contribution in [2.24, 2.45) is 13.0 Å². The third kappa shape index (κ3) is 5.76. The van der Waals surface area contributed by atoms with Crippen LogP contribution >= 0.6 is 0 Å². The predicted molar refractivity (Wildman–Crippen MR) is 165 cm³/mol. The van der Waals surface area contributed by atoms with E-state index in [1.54, 1.807) is 11.6 Å². The van der Waals surface area contributed by atoms with Crippen molar-refractivity contribution in [3.05, 3.63) is 101 Å². The Labute approximate surface area is 244 Å². The fraction of sp³-hybridized carbons (Fsp3) is 0.273. The van der Waals surface area contributed by atoms with Crippen LogP contribution < -0.4 is 15.8 Å². The van der Waals surface area contributed by atoms with Crippen LogP contribution in [0.1, 0.15) is 25.3 Å². The third-order valence-electron chi connectivity index (χ3n) is 7.77. The molecule has 1 fully saturated rings. The zero-order valence-corrected chi connectivity index (χ0v) is 23.9. The number of carbonyl (C=O) groups is 1. The first kappa shape index (κ1) is 27.3. The summed E-state index contributed by atoms with van der Waals surface area (Å²) in [6.07, 6.45) is 5.65. The molecule has 9 heteroatoms. The quantitative estimate of drug-likeness (QED) is 0.254. The van der Waals surface area contributed by atoms with E-state index in [2.05, 4.69) is 32.4 Å². The number of carbonyl (C=O) groups excluding carboxylic acids is 1. The average molecular weight is 563 g/mol. The number of anilines is 3. The first-order valence-corrected chi connectivity index (χ1v) is 14.3. The van der Waals surface area contributed by atoms with Gasteiger partial charge in [0.25, 0.3) is 5.56 Å². The van der Waals surface area contributed by atoms with Crippen LogP contribution in [-0.2, 0) is 23.1 Å². The van der Waals surface area contributed by atoms with E-state index in [0.29, 0.717) is 19.7 Å². The van der Waals surface area contributed by atoms with Crippen LogP contribution in [0, 0.1) is 5.92 Å². The third-order valence-corrected chi connectivity index (χ3v) is 7.77. The van der Waals surface area contributed by atoms with Crippen molar-refractivity contribution in [3.63, 3.8) is 0 Å². The van der Waals surface area contributed by atoms with Gasteiger partial charge in [-0.1, -0.05) is 36.4 Å². The Balaban J connectivity index is 1.18. The Bertz CT molecular complexity index is 1760. The van der Waals surface area contributed by atoms with Gasteiger partial charge in [-0.25, -0.2) is 4.98 Å². The molecule has 0 amide bonds. The number of fused-ring (bicyclic) bond motifs is 1. The molecular formula is C33H34N6O3. The minimum atomic E-state index is -0.211. The smallest absolute Gasteiger partial charge is 0.310 e. The van der Waals surface area contributed by atoms with E-state index in [9.17, 15) is 9.59 Å². The number of rotatable bonds is 8. The van der Waals surface area contributed by atoms with E-state index < -0.39 is 0 Å². The normalized spacial score (nSPS) is 15.1. The topological polar surface area (TPSA) is 94.3 Å². The molecule has 3 heterocycles. The van der Waals surface area contributed by atoms with Gasteiger partial charge in [0.1, 0.15) is 0 Å². The fourth-order valence-corrected chi connectivity index (χ4v) is 5.51. The largest absolute Gasteiger partial charge is 0.466 e. The van der Waals surface area contributed by atoms with Gasteiger partial charge in [-0.05, 0) is 67.3 Å². The molecule has 1 aliphatic rings. The number of piperidine rings is 1. The Morgan fingerprint density at radius 1 is 1.05 bits per heavy atom. The number of ether oxygens (including phenoxy) is 1. The van der Waals surface area contributed by atoms with Crippen LogP contribution in [0.2, 0.25) is 0 Å². The zero-order chi connectivity index (χ0) is 29.1. The minimum Gasteiger partial charge on any atom is -0.466 e. The van der Waals surface area contributed by atoms with Crippen LogP contribution in [0.15, 0.2) is 90.0 Å². The van der Waals surface area contributed by atoms with Gasteiger partial charge < -0.3 is 19.5 Å². The summed E-state index contributed by atoms with van der Waals surface area (Å²) in [5.41, 5.74) is 6.18. The van der Waals surface area contributed by atoms with Gasteiger partial charge in [0, 0.05) is 43.3 Å². The molecular weight excluding hydrogens is 528 g/mol. The number of esters is 1. The highest BCUT2D eigenvalue weighted by atomic mass is 16.5. The standard InChI is InChI=1S/C33H34N6O3/c1-3-42-33(41)25-10-7-17-38(21-25)28-14-12-27(13-15-28)35-31-32(40)37(2)30-18-24(11-16-29(30)36-31)26-19-34-39(22-26)20-23-8-5-4-6-9-23/h4-6,8-9,11-16,18-19,22,25H,3,7,10,17,20-21H2,1-2H3,(H,35,36). The van der Waals surface area contributed by atoms with Gasteiger partial charge in [0.15, 0.2) is 5.82 Å². The van der Waals surface area contributed by atoms with Crippen molar-refractivity contribution in [1.29, 1.82) is 0 Å². The lowest BCUT2D eigenvalue weighted by Crippen LogP contribution is -2.39. The molecule has 3 aromatic carbocycles. The number of nitrogens with zero attached hydrogens (tertiary/aromatic N) is 5. The maximum Gasteiger partial charge on any atom is 0.310 e. The molecule has 6 rings (SSSR count). The Morgan fingerprint density at radius 2 is 1.86 bits per heavy atom. The molecule has 2 aromatic heterocycles. The molecule has 1 saturated heterocycles. The lowest BCUT2D eigenvalue weighted by molar-refractivity contribution is -0.148. The van der Waals surface area contributed by atoms with Gasteiger partial charge in [-0.3, -0.25) is 14.3 Å². The zero-order valence-electron chi connectivity index (χ0n) is 23.9. The van der Waals surface area contributed by atoms with Gasteiger partial charge in [0.2, 0.25) is 0 Å². The monoisotopic (exact) mass is 562 g/mol. The molecule has 9 nitrogen and oxygen atoms in total. The van der Waals surface area contributed by atoms with E-state index in [1.165, 1.54) is 5.56 Å². The number of nitrogens with one attached hydrogen (secondary N) is 1. The summed E-state index contributed by atoms with van der Waals surface area (Å²) in [6.45, 7) is 4.47. The molecule has 0 spiro atoms. The van der Waals surface area contributed by atoms with Crippen molar-refractivity contribution in [2.45, 2.75) is 26.3 Å². The van der Waals surface area contributed by atoms with Gasteiger partial charge in [-0.15, -0.1) is 0 Å². The number of aryl methyl sites for hydroxylation is 1. The number of hydrogen-bond acceptors (Lipinski definition) is 7. The second-order valence-electron chi connectivity index (χ2n) is 10.6. The fourth-order valence-electron chi connectivity index (χ4n) is 5.51. The summed E-state index contributed by atoms with van der Waals surface area (Å²) >= 11 is 0. The average Bonchev–Trinajstić information content (AvgIpc) is 3.49. The predicted octanol–water partition coefficient (Wildman–Crippen LogP) is 5.37. The van der Waals surface area contributed by atoms with Crippen LogP contribution in [0.3, 0.4) is 0 Å². The van der Waals surface area contributed by atoms with E-state index in [4.69, 9.17) is 4.74 Å². The number of benzene rings is 3. The maximum absolute atomic E-state index is 13.3. The first-order valence-electron chi connectivity index (χ1n) is 14.3. The molecule has 214 valence electrons. The second kappa shape index (κ2) is 11.9. The molecule has 0 radical (unpaired) electrons. The summed E-state index contributed by atoms with van der Waals surface area (Å²) in [7, 11) is 1.76. The van der Waals surface area contributed by atoms with Gasteiger partial charge in [0.05, 0.1) is 36.3 Å². The van der Waals surface area contributed by atoms with Gasteiger partial charge >= 0.3 is 5.97 Å². The molecule has 1 atom stereocenters. The van der Waals surface area contributed by atoms with Gasteiger partial charge in [-0.2, -0.15) is 5.10 Å². The summed E-state index contributed by atoms with van der Waals surface area (Å²) in [5, 5.41) is 7.72. The summed E-state index contributed by atoms with van der Waals surface area (Å²) in [6, 6.07) is 24.0. The molecule has 5 aromatic rings. The molecule has 0 aliphatic carbocycles. The SMILES string of the molecule is CCOC(=O)C1CCCN(c2ccc(Nc3nc4ccc(-c5cnn(Cc6ccccc6)c5)cc4n(C)c3=O)cc2)C1. The van der Waals surface area contributed by atoms with E-state index in [-0.39, 0.29) is 23.3 Å². The molecule has 0 saturated carbocycles. The van der Waals surface area contributed by atoms with E-state index in [1.807, 2.05) is 84.7 Å². The number of hydrogen-bond donors (Lipinski definition) is 1. The highest BCUT2D eigenvalue weighted by Crippen LogP contribution is 2.27. The molecule has 1 N–H and O–H groups in total. The van der Waals surface area contributed by atoms with Crippen LogP contribution in [0.4, 0.5) is 17.2 Å². The van der Waals surface area contributed by atoms with Crippen LogP contribution in [0.5, 0.6) is 0 Å². The first-order chi connectivity index (χ1) is 20.5. The Hall–Kier alpha value is -4.92. The van der Waals surface area contributed by atoms with Crippen molar-refractivity contribution in [1.82, 2.24) is 19.3 Å². The molecule has 42 heavy (non-hydrogen) atoms. The summed E-state index contributed by atoms with van der Waals surface area (Å²) in [5.74, 6) is 0.0396. The minimum absolute atomic E-state index is 0.104. The van der Waals surface area contributed by atoms with Crippen LogP contribution in [0.25, 0.3) is 22.2 Å². The van der Waals surface area contributed by atoms with Crippen molar-refractivity contribution in [2.75, 3.05) is 29.9 Å². The lowest BCUT2D eigenvalue weighted by Gasteiger charge is -2.33. The number of aromatic nitrogens is 4. The maximum atomic E-state index is 13.3. The van der Waals surface area contributed by atoms with Crippen molar-refractivity contribution >= 4 is 34.2 Å². The second-order valence-corrected chi connectivity index (χ2v) is 10.6. The Kier molecular flexibility index (Phi) is 7.72. The van der Waals surface area contributed by atoms with Crippen LogP contribution in [-0.4, -0.2) is 45.0 Å². The van der Waals surface area contributed by atoms with E-state index >= 15 is 0 Å². The Morgan fingerprint density at radius 3 is 2.64 bits per heavy atom. The summed E-state index contributed by atoms with van der Waals surface area (Å²) in [4.78, 5) is 32.4. The van der Waals surface area contributed by atoms with Crippen molar-refractivity contribution in [3.8, 4) is 11.1 Å². The van der Waals surface area contributed by atoms with E-state index in [0.717, 1.165) is 52.9 Å². The summed E-state index contributed by atoms with van der Waals surface area (Å²) < 4.78 is 8.77.